The van der Waals surface area contributed by atoms with E-state index in [1.54, 1.807) is 42.5 Å². The molecule has 1 amide bonds. The van der Waals surface area contributed by atoms with E-state index in [1.165, 1.54) is 15.2 Å². The van der Waals surface area contributed by atoms with Crippen molar-refractivity contribution < 1.29 is 17.7 Å². The molecule has 0 bridgehead atoms. The second-order valence-electron chi connectivity index (χ2n) is 7.72. The van der Waals surface area contributed by atoms with Gasteiger partial charge in [0.15, 0.2) is 0 Å². The van der Waals surface area contributed by atoms with Crippen LogP contribution in [0.25, 0.3) is 11.3 Å². The molecule has 0 spiro atoms. The first-order chi connectivity index (χ1) is 14.8. The highest BCUT2D eigenvalue weighted by Crippen LogP contribution is 2.28. The Kier molecular flexibility index (Phi) is 5.63. The van der Waals surface area contributed by atoms with Crippen molar-refractivity contribution in [3.8, 4) is 11.3 Å². The Labute approximate surface area is 180 Å². The SMILES string of the molecule is CC(C)c1cc(C(=O)N2CCN(S(=O)(=O)c3cn(C)nc3-c3ccncc3)CC2)on1. The minimum absolute atomic E-state index is 0.137. The van der Waals surface area contributed by atoms with Crippen molar-refractivity contribution in [1.29, 1.82) is 0 Å². The molecule has 0 radical (unpaired) electrons. The molecule has 10 nitrogen and oxygen atoms in total. The van der Waals surface area contributed by atoms with Gasteiger partial charge in [0, 0.05) is 63.4 Å². The van der Waals surface area contributed by atoms with Crippen LogP contribution in [-0.2, 0) is 17.1 Å². The molecule has 11 heteroatoms. The maximum absolute atomic E-state index is 13.3. The summed E-state index contributed by atoms with van der Waals surface area (Å²) in [5.41, 5.74) is 1.77. The zero-order valence-electron chi connectivity index (χ0n) is 17.6. The molecule has 4 heterocycles. The molecule has 0 atom stereocenters. The van der Waals surface area contributed by atoms with Crippen molar-refractivity contribution in [2.75, 3.05) is 26.2 Å². The highest BCUT2D eigenvalue weighted by Gasteiger charge is 2.34. The molecule has 0 saturated carbocycles. The van der Waals surface area contributed by atoms with E-state index in [0.717, 1.165) is 0 Å². The molecule has 0 unspecified atom stereocenters. The number of aryl methyl sites for hydroxylation is 1. The molecule has 1 fully saturated rings. The van der Waals surface area contributed by atoms with Gasteiger partial charge in [-0.2, -0.15) is 9.40 Å². The summed E-state index contributed by atoms with van der Waals surface area (Å²) in [4.78, 5) is 18.4. The molecular weight excluding hydrogens is 420 g/mol. The van der Waals surface area contributed by atoms with E-state index in [0.29, 0.717) is 17.0 Å². The number of hydrogen-bond donors (Lipinski definition) is 0. The van der Waals surface area contributed by atoms with Gasteiger partial charge in [-0.25, -0.2) is 8.42 Å². The molecule has 0 aliphatic carbocycles. The lowest BCUT2D eigenvalue weighted by Gasteiger charge is -2.33. The number of piperazine rings is 1. The lowest BCUT2D eigenvalue weighted by molar-refractivity contribution is 0.0656. The van der Waals surface area contributed by atoms with Crippen molar-refractivity contribution >= 4 is 15.9 Å². The molecule has 1 aliphatic heterocycles. The van der Waals surface area contributed by atoms with Gasteiger partial charge in [0.05, 0.1) is 5.69 Å². The zero-order valence-corrected chi connectivity index (χ0v) is 18.4. The average Bonchev–Trinajstić information content (AvgIpc) is 3.41. The topological polar surface area (TPSA) is 114 Å². The minimum atomic E-state index is -3.79. The molecule has 3 aromatic heterocycles. The molecule has 0 N–H and O–H groups in total. The van der Waals surface area contributed by atoms with Crippen molar-refractivity contribution in [2.45, 2.75) is 24.7 Å². The van der Waals surface area contributed by atoms with Crippen LogP contribution in [-0.4, -0.2) is 69.6 Å². The number of rotatable bonds is 5. The zero-order chi connectivity index (χ0) is 22.2. The first kappa shape index (κ1) is 21.2. The van der Waals surface area contributed by atoms with Crippen LogP contribution in [0, 0.1) is 0 Å². The smallest absolute Gasteiger partial charge is 0.292 e. The Balaban J connectivity index is 1.50. The van der Waals surface area contributed by atoms with Crippen LogP contribution in [0.2, 0.25) is 0 Å². The third-order valence-electron chi connectivity index (χ3n) is 5.22. The van der Waals surface area contributed by atoms with Gasteiger partial charge < -0.3 is 9.42 Å². The lowest BCUT2D eigenvalue weighted by Crippen LogP contribution is -2.50. The number of hydrogen-bond acceptors (Lipinski definition) is 7. The summed E-state index contributed by atoms with van der Waals surface area (Å²) in [6.07, 6.45) is 4.70. The van der Waals surface area contributed by atoms with Gasteiger partial charge in [-0.3, -0.25) is 14.5 Å². The number of pyridine rings is 1. The maximum Gasteiger partial charge on any atom is 0.292 e. The molecule has 164 valence electrons. The monoisotopic (exact) mass is 444 g/mol. The number of aromatic nitrogens is 4. The molecule has 3 aromatic rings. The van der Waals surface area contributed by atoms with E-state index in [4.69, 9.17) is 4.52 Å². The summed E-state index contributed by atoms with van der Waals surface area (Å²) < 4.78 is 34.7. The van der Waals surface area contributed by atoms with Crippen molar-refractivity contribution in [2.24, 2.45) is 7.05 Å². The molecule has 31 heavy (non-hydrogen) atoms. The molecule has 0 aromatic carbocycles. The highest BCUT2D eigenvalue weighted by atomic mass is 32.2. The van der Waals surface area contributed by atoms with Gasteiger partial charge in [-0.05, 0) is 18.1 Å². The van der Waals surface area contributed by atoms with Gasteiger partial charge in [0.2, 0.25) is 15.8 Å². The highest BCUT2D eigenvalue weighted by molar-refractivity contribution is 7.89. The molecule has 4 rings (SSSR count). The second kappa shape index (κ2) is 8.23. The number of carbonyl (C=O) groups is 1. The minimum Gasteiger partial charge on any atom is -0.351 e. The van der Waals surface area contributed by atoms with Crippen molar-refractivity contribution in [3.63, 3.8) is 0 Å². The molecule has 1 aliphatic rings. The Morgan fingerprint density at radius 2 is 1.81 bits per heavy atom. The van der Waals surface area contributed by atoms with Gasteiger partial charge in [-0.15, -0.1) is 0 Å². The average molecular weight is 445 g/mol. The standard InChI is InChI=1S/C20H24N6O4S/c1-14(2)16-12-17(30-23-16)20(27)25-8-10-26(11-9-25)31(28,29)18-13-24(3)22-19(18)15-4-6-21-7-5-15/h4-7,12-14H,8-11H2,1-3H3. The van der Waals surface area contributed by atoms with Gasteiger partial charge in [0.1, 0.15) is 10.6 Å². The fourth-order valence-corrected chi connectivity index (χ4v) is 5.06. The van der Waals surface area contributed by atoms with Gasteiger partial charge in [0.25, 0.3) is 5.91 Å². The van der Waals surface area contributed by atoms with E-state index in [-0.39, 0.29) is 48.7 Å². The van der Waals surface area contributed by atoms with E-state index in [9.17, 15) is 13.2 Å². The quantitative estimate of drug-likeness (QED) is 0.589. The first-order valence-corrected chi connectivity index (χ1v) is 11.4. The summed E-state index contributed by atoms with van der Waals surface area (Å²) in [6.45, 7) is 4.83. The number of carbonyl (C=O) groups excluding carboxylic acids is 1. The van der Waals surface area contributed by atoms with Crippen molar-refractivity contribution in [1.82, 2.24) is 29.1 Å². The van der Waals surface area contributed by atoms with Crippen LogP contribution in [0.15, 0.2) is 46.2 Å². The molecule has 1 saturated heterocycles. The first-order valence-electron chi connectivity index (χ1n) is 9.97. The summed E-state index contributed by atoms with van der Waals surface area (Å²) >= 11 is 0. The van der Waals surface area contributed by atoms with Gasteiger partial charge >= 0.3 is 0 Å². The summed E-state index contributed by atoms with van der Waals surface area (Å²) in [5.74, 6) is 0.0453. The maximum atomic E-state index is 13.3. The predicted molar refractivity (Wildman–Crippen MR) is 112 cm³/mol. The lowest BCUT2D eigenvalue weighted by atomic mass is 10.1. The van der Waals surface area contributed by atoms with Crippen LogP contribution < -0.4 is 0 Å². The Hall–Kier alpha value is -3.05. The van der Waals surface area contributed by atoms with Crippen LogP contribution in [0.3, 0.4) is 0 Å². The third kappa shape index (κ3) is 4.10. The Bertz CT molecular complexity index is 1180. The molecular formula is C20H24N6O4S. The van der Waals surface area contributed by atoms with Gasteiger partial charge in [-0.1, -0.05) is 19.0 Å². The third-order valence-corrected chi connectivity index (χ3v) is 7.12. The number of sulfonamides is 1. The van der Waals surface area contributed by atoms with Crippen LogP contribution >= 0.6 is 0 Å². The predicted octanol–water partition coefficient (Wildman–Crippen LogP) is 1.74. The van der Waals surface area contributed by atoms with Crippen LogP contribution in [0.5, 0.6) is 0 Å². The Morgan fingerprint density at radius 1 is 1.13 bits per heavy atom. The fourth-order valence-electron chi connectivity index (χ4n) is 3.45. The number of nitrogens with zero attached hydrogens (tertiary/aromatic N) is 6. The van der Waals surface area contributed by atoms with E-state index >= 15 is 0 Å². The van der Waals surface area contributed by atoms with Crippen LogP contribution in [0.4, 0.5) is 0 Å². The second-order valence-corrected chi connectivity index (χ2v) is 9.62. The van der Waals surface area contributed by atoms with E-state index in [1.807, 2.05) is 13.8 Å². The van der Waals surface area contributed by atoms with E-state index < -0.39 is 10.0 Å². The largest absolute Gasteiger partial charge is 0.351 e. The normalized spacial score (nSPS) is 15.5. The fraction of sp³-hybridized carbons (Fsp3) is 0.400. The summed E-state index contributed by atoms with van der Waals surface area (Å²) in [6, 6.07) is 5.09. The summed E-state index contributed by atoms with van der Waals surface area (Å²) in [7, 11) is -2.10. The Morgan fingerprint density at radius 3 is 2.42 bits per heavy atom. The number of amides is 1. The summed E-state index contributed by atoms with van der Waals surface area (Å²) in [5, 5.41) is 8.26. The van der Waals surface area contributed by atoms with Crippen LogP contribution in [0.1, 0.15) is 36.0 Å². The van der Waals surface area contributed by atoms with Crippen molar-refractivity contribution in [3.05, 3.63) is 48.2 Å². The van der Waals surface area contributed by atoms with E-state index in [2.05, 4.69) is 15.2 Å².